The lowest BCUT2D eigenvalue weighted by atomic mass is 9.97. The van der Waals surface area contributed by atoms with Gasteiger partial charge in [0, 0.05) is 53.0 Å². The van der Waals surface area contributed by atoms with Gasteiger partial charge < -0.3 is 4.57 Å². The zero-order valence-corrected chi connectivity index (χ0v) is 27.9. The Hall–Kier alpha value is -6.69. The van der Waals surface area contributed by atoms with E-state index < -0.39 is 60.4 Å². The van der Waals surface area contributed by atoms with E-state index in [-0.39, 0.29) is 28.6 Å². The molecule has 0 radical (unpaired) electrons. The topological polar surface area (TPSA) is 43.6 Å². The zero-order chi connectivity index (χ0) is 42.9. The zero-order valence-electron chi connectivity index (χ0n) is 37.1. The van der Waals surface area contributed by atoms with Gasteiger partial charge in [-0.2, -0.15) is 0 Å². The molecular weight excluding hydrogens is 653 g/mol. The maximum atomic E-state index is 8.78. The number of hydrogen-bond acceptors (Lipinski definition) is 4. The Balaban J connectivity index is 1.23. The molecule has 0 aliphatic carbocycles. The van der Waals surface area contributed by atoms with E-state index in [2.05, 4.69) is 88.4 Å². The van der Waals surface area contributed by atoms with Crippen LogP contribution in [0, 0.1) is 0 Å². The Labute approximate surface area is 317 Å². The van der Waals surface area contributed by atoms with Crippen LogP contribution >= 0.6 is 11.3 Å². The van der Waals surface area contributed by atoms with Crippen LogP contribution in [0.2, 0.25) is 0 Å². The van der Waals surface area contributed by atoms with Crippen LogP contribution in [0.25, 0.3) is 103 Å². The summed E-state index contributed by atoms with van der Waals surface area (Å²) in [6, 6.07) is 31.5. The van der Waals surface area contributed by atoms with Crippen LogP contribution in [0.5, 0.6) is 0 Å². The number of para-hydroxylation sites is 1. The fourth-order valence-electron chi connectivity index (χ4n) is 7.51. The van der Waals surface area contributed by atoms with Gasteiger partial charge in [-0.15, -0.1) is 11.3 Å². The number of benzene rings is 8. The molecule has 5 heteroatoms. The summed E-state index contributed by atoms with van der Waals surface area (Å²) in [4.78, 5) is 14.0. The molecule has 0 atom stereocenters. The predicted octanol–water partition coefficient (Wildman–Crippen LogP) is 12.6. The molecule has 4 nitrogen and oxygen atoms in total. The van der Waals surface area contributed by atoms with Crippen molar-refractivity contribution >= 4 is 74.9 Å². The van der Waals surface area contributed by atoms with Gasteiger partial charge in [0.15, 0.2) is 17.5 Å². The van der Waals surface area contributed by atoms with Gasteiger partial charge in [0.1, 0.15) is 0 Å². The highest BCUT2D eigenvalue weighted by Gasteiger charge is 2.22. The first-order valence-electron chi connectivity index (χ1n) is 21.6. The van der Waals surface area contributed by atoms with Crippen LogP contribution < -0.4 is 0 Å². The first-order chi connectivity index (χ1) is 30.0. The van der Waals surface area contributed by atoms with Gasteiger partial charge in [-0.05, 0) is 40.4 Å². The number of rotatable bonds is 4. The molecule has 8 aromatic carbocycles. The van der Waals surface area contributed by atoms with Crippen LogP contribution in [-0.2, 0) is 0 Å². The van der Waals surface area contributed by atoms with Crippen LogP contribution in [0.3, 0.4) is 0 Å². The molecule has 0 saturated heterocycles. The van der Waals surface area contributed by atoms with Gasteiger partial charge in [0.05, 0.1) is 30.4 Å². The molecule has 0 aliphatic heterocycles. The maximum Gasteiger partial charge on any atom is 0.165 e. The molecule has 3 heterocycles. The molecule has 0 saturated carbocycles. The van der Waals surface area contributed by atoms with E-state index in [1.54, 1.807) is 0 Å². The van der Waals surface area contributed by atoms with E-state index in [0.717, 1.165) is 63.8 Å². The lowest BCUT2D eigenvalue weighted by Crippen LogP contribution is -2.00. The lowest BCUT2D eigenvalue weighted by molar-refractivity contribution is 1.08. The maximum absolute atomic E-state index is 8.78. The number of hydrogen-bond donors (Lipinski definition) is 0. The molecule has 0 spiro atoms. The minimum absolute atomic E-state index is 0.0247. The molecule has 0 fully saturated rings. The minimum atomic E-state index is -0.600. The lowest BCUT2D eigenvalue weighted by Gasteiger charge is -2.13. The second-order valence-corrected chi connectivity index (χ2v) is 13.5. The first kappa shape index (κ1) is 20.9. The van der Waals surface area contributed by atoms with Crippen molar-refractivity contribution in [2.45, 2.75) is 0 Å². The van der Waals surface area contributed by atoms with Crippen molar-refractivity contribution in [3.63, 3.8) is 0 Å². The Morgan fingerprint density at radius 3 is 1.73 bits per heavy atom. The Bertz CT molecular complexity index is 3640. The van der Waals surface area contributed by atoms with Crippen LogP contribution in [0.15, 0.2) is 170 Å². The summed E-state index contributed by atoms with van der Waals surface area (Å²) in [5.41, 5.74) is 2.95. The van der Waals surface area contributed by atoms with Crippen LogP contribution in [0.1, 0.15) is 13.7 Å². The Kier molecular flexibility index (Phi) is 4.58. The summed E-state index contributed by atoms with van der Waals surface area (Å²) in [5.74, 6) is -0.592. The van der Waals surface area contributed by atoms with Gasteiger partial charge in [0.25, 0.3) is 0 Å². The van der Waals surface area contributed by atoms with Crippen molar-refractivity contribution in [1.82, 2.24) is 19.5 Å². The average molecular weight is 691 g/mol. The summed E-state index contributed by atoms with van der Waals surface area (Å²) in [6.45, 7) is 0. The summed E-state index contributed by atoms with van der Waals surface area (Å²) in [7, 11) is 0. The molecular formula is C47H28N4S. The molecule has 0 amide bonds. The fraction of sp³-hybridized carbons (Fsp3) is 0. The SMILES string of the molecule is [2H]c1c([2H])c([2H])c(-c2nc(-c3c([2H])c([2H])c([2H])c([2H])c3[2H])nc(-c3cccc4c3sc3cccc(-n5c6ccccc6c6c7ccccc7c7ccccc7c65)c34)n2)c([2H])c1[2H]. The van der Waals surface area contributed by atoms with Gasteiger partial charge in [0.2, 0.25) is 0 Å². The second-order valence-electron chi connectivity index (χ2n) is 12.4. The van der Waals surface area contributed by atoms with Crippen LogP contribution in [-0.4, -0.2) is 19.5 Å². The van der Waals surface area contributed by atoms with E-state index in [0.29, 0.717) is 5.56 Å². The normalized spacial score (nSPS) is 14.5. The van der Waals surface area contributed by atoms with Crippen molar-refractivity contribution in [2.24, 2.45) is 0 Å². The molecule has 0 N–H and O–H groups in total. The van der Waals surface area contributed by atoms with E-state index in [1.807, 2.05) is 30.3 Å². The Morgan fingerprint density at radius 2 is 1.02 bits per heavy atom. The van der Waals surface area contributed by atoms with Gasteiger partial charge >= 0.3 is 0 Å². The third-order valence-corrected chi connectivity index (χ3v) is 10.8. The minimum Gasteiger partial charge on any atom is -0.308 e. The highest BCUT2D eigenvalue weighted by Crippen LogP contribution is 2.46. The molecule has 0 bridgehead atoms. The third-order valence-electron chi connectivity index (χ3n) is 9.61. The number of nitrogens with zero attached hydrogens (tertiary/aromatic N) is 4. The fourth-order valence-corrected chi connectivity index (χ4v) is 8.75. The molecule has 11 rings (SSSR count). The number of fused-ring (bicyclic) bond motifs is 11. The van der Waals surface area contributed by atoms with Crippen molar-refractivity contribution < 1.29 is 13.7 Å². The quantitative estimate of drug-likeness (QED) is 0.173. The standard InChI is InChI=1S/C47H28N4S/c1-3-15-29(16-4-1)45-48-46(30-17-5-2-6-18-30)50-47(49-45)37-25-13-24-36-42-39(27-14-28-40(42)52-44(36)37)51-38-26-12-11-23-35(38)41-33-21-9-7-19-31(33)32-20-8-10-22-34(32)43(41)51/h1-28H/i1D,2D,3D,4D,5D,6D,15D,16D,17D,18D. The first-order valence-corrected chi connectivity index (χ1v) is 17.5. The second kappa shape index (κ2) is 11.4. The smallest absolute Gasteiger partial charge is 0.165 e. The molecule has 52 heavy (non-hydrogen) atoms. The summed E-state index contributed by atoms with van der Waals surface area (Å²) >= 11 is 1.51. The third kappa shape index (κ3) is 4.30. The largest absolute Gasteiger partial charge is 0.308 e. The van der Waals surface area contributed by atoms with E-state index in [1.165, 1.54) is 16.7 Å². The van der Waals surface area contributed by atoms with Crippen LogP contribution in [0.4, 0.5) is 0 Å². The van der Waals surface area contributed by atoms with E-state index in [9.17, 15) is 0 Å². The van der Waals surface area contributed by atoms with Gasteiger partial charge in [-0.3, -0.25) is 0 Å². The highest BCUT2D eigenvalue weighted by molar-refractivity contribution is 7.26. The monoisotopic (exact) mass is 690 g/mol. The number of aromatic nitrogens is 4. The van der Waals surface area contributed by atoms with E-state index in [4.69, 9.17) is 23.7 Å². The van der Waals surface area contributed by atoms with Gasteiger partial charge in [-0.25, -0.2) is 15.0 Å². The highest BCUT2D eigenvalue weighted by atomic mass is 32.1. The molecule has 11 aromatic rings. The molecule has 0 aliphatic rings. The van der Waals surface area contributed by atoms with E-state index >= 15 is 0 Å². The summed E-state index contributed by atoms with van der Waals surface area (Å²) in [5, 5.41) is 8.70. The van der Waals surface area contributed by atoms with Crippen molar-refractivity contribution in [3.8, 4) is 39.9 Å². The predicted molar refractivity (Wildman–Crippen MR) is 218 cm³/mol. The summed E-state index contributed by atoms with van der Waals surface area (Å²) in [6.07, 6.45) is 0. The number of thiophene rings is 1. The van der Waals surface area contributed by atoms with Crippen molar-refractivity contribution in [2.75, 3.05) is 0 Å². The Morgan fingerprint density at radius 1 is 0.462 bits per heavy atom. The summed E-state index contributed by atoms with van der Waals surface area (Å²) < 4.78 is 89.2. The molecule has 242 valence electrons. The molecule has 3 aromatic heterocycles. The molecule has 0 unspecified atom stereocenters. The van der Waals surface area contributed by atoms with Crippen molar-refractivity contribution in [1.29, 1.82) is 0 Å². The van der Waals surface area contributed by atoms with Crippen molar-refractivity contribution in [3.05, 3.63) is 170 Å². The van der Waals surface area contributed by atoms with Gasteiger partial charge in [-0.1, -0.05) is 145 Å². The average Bonchev–Trinajstić information content (AvgIpc) is 3.86.